The molecule has 0 unspecified atom stereocenters. The molecule has 0 aliphatic heterocycles. The van der Waals surface area contributed by atoms with Gasteiger partial charge in [0.05, 0.1) is 11.1 Å². The molecule has 2 rings (SSSR count). The second-order valence-corrected chi connectivity index (χ2v) is 6.58. The number of carbonyl (C=O) groups excluding carboxylic acids is 2. The zero-order chi connectivity index (χ0) is 20.5. The van der Waals surface area contributed by atoms with E-state index in [1.165, 1.54) is 36.5 Å². The van der Waals surface area contributed by atoms with Crippen LogP contribution < -0.4 is 10.7 Å². The molecule has 28 heavy (non-hydrogen) atoms. The molecular formula is C18H17BrN4O5. The van der Waals surface area contributed by atoms with Gasteiger partial charge in [-0.25, -0.2) is 5.43 Å². The summed E-state index contributed by atoms with van der Waals surface area (Å²) in [6.07, 6.45) is 1.86. The standard InChI is InChI=1S/C18H17BrN4O5/c19-14-5-8-16(24)13(10-14)11-21-22-17(25)2-1-9-20-18(26)12-3-6-15(7-4-12)23(27)28/h3-8,10-11,24H,1-2,9H2,(H,20,26)(H,22,25)/b21-11+. The third-order valence-electron chi connectivity index (χ3n) is 3.59. The third kappa shape index (κ3) is 6.47. The average molecular weight is 449 g/mol. The van der Waals surface area contributed by atoms with E-state index in [1.54, 1.807) is 12.1 Å². The van der Waals surface area contributed by atoms with Crippen LogP contribution in [0.3, 0.4) is 0 Å². The first-order valence-electron chi connectivity index (χ1n) is 8.20. The minimum atomic E-state index is -0.541. The number of amides is 2. The van der Waals surface area contributed by atoms with Crippen molar-refractivity contribution in [3.05, 3.63) is 68.2 Å². The predicted octanol–water partition coefficient (Wildman–Crippen LogP) is 2.72. The molecule has 0 spiro atoms. The number of hydrazone groups is 1. The molecular weight excluding hydrogens is 432 g/mol. The van der Waals surface area contributed by atoms with Crippen LogP contribution in [0.2, 0.25) is 0 Å². The number of phenolic OH excluding ortho intramolecular Hbond substituents is 1. The number of aromatic hydroxyl groups is 1. The number of halogens is 1. The fourth-order valence-corrected chi connectivity index (χ4v) is 2.52. The largest absolute Gasteiger partial charge is 0.507 e. The van der Waals surface area contributed by atoms with Gasteiger partial charge in [-0.3, -0.25) is 19.7 Å². The summed E-state index contributed by atoms with van der Waals surface area (Å²) < 4.78 is 0.766. The SMILES string of the molecule is O=C(CCCNC(=O)c1ccc([N+](=O)[O-])cc1)N/N=C/c1cc(Br)ccc1O. The molecule has 3 N–H and O–H groups in total. The summed E-state index contributed by atoms with van der Waals surface area (Å²) >= 11 is 3.27. The van der Waals surface area contributed by atoms with Crippen LogP contribution in [0.4, 0.5) is 5.69 Å². The van der Waals surface area contributed by atoms with E-state index in [0.29, 0.717) is 17.5 Å². The van der Waals surface area contributed by atoms with Crippen molar-refractivity contribution >= 4 is 39.6 Å². The molecule has 0 heterocycles. The lowest BCUT2D eigenvalue weighted by Crippen LogP contribution is -2.26. The summed E-state index contributed by atoms with van der Waals surface area (Å²) in [5.74, 6) is -0.677. The summed E-state index contributed by atoms with van der Waals surface area (Å²) in [6, 6.07) is 10.1. The van der Waals surface area contributed by atoms with Crippen LogP contribution in [-0.4, -0.2) is 34.6 Å². The molecule has 0 saturated heterocycles. The maximum atomic E-state index is 11.9. The number of non-ortho nitro benzene ring substituents is 1. The van der Waals surface area contributed by atoms with Crippen molar-refractivity contribution in [2.75, 3.05) is 6.54 Å². The molecule has 0 bridgehead atoms. The van der Waals surface area contributed by atoms with Crippen molar-refractivity contribution in [2.45, 2.75) is 12.8 Å². The number of carbonyl (C=O) groups is 2. The lowest BCUT2D eigenvalue weighted by atomic mass is 10.2. The zero-order valence-corrected chi connectivity index (χ0v) is 16.2. The van der Waals surface area contributed by atoms with E-state index in [-0.39, 0.29) is 36.2 Å². The average Bonchev–Trinajstić information content (AvgIpc) is 2.67. The first-order chi connectivity index (χ1) is 13.4. The molecule has 0 radical (unpaired) electrons. The Labute approximate surface area is 168 Å². The molecule has 2 aromatic carbocycles. The van der Waals surface area contributed by atoms with Gasteiger partial charge in [-0.1, -0.05) is 15.9 Å². The van der Waals surface area contributed by atoms with E-state index >= 15 is 0 Å². The zero-order valence-electron chi connectivity index (χ0n) is 14.6. The Kier molecular flexibility index (Phi) is 7.64. The number of nitro benzene ring substituents is 1. The molecule has 9 nitrogen and oxygen atoms in total. The van der Waals surface area contributed by atoms with Crippen LogP contribution in [0.15, 0.2) is 52.0 Å². The van der Waals surface area contributed by atoms with Crippen molar-refractivity contribution < 1.29 is 19.6 Å². The maximum Gasteiger partial charge on any atom is 0.269 e. The summed E-state index contributed by atoms with van der Waals surface area (Å²) in [6.45, 7) is 0.263. The van der Waals surface area contributed by atoms with Gasteiger partial charge in [0.1, 0.15) is 5.75 Å². The van der Waals surface area contributed by atoms with Gasteiger partial charge < -0.3 is 10.4 Å². The molecule has 0 aliphatic carbocycles. The van der Waals surface area contributed by atoms with Crippen LogP contribution >= 0.6 is 15.9 Å². The number of hydrogen-bond acceptors (Lipinski definition) is 6. The fraction of sp³-hybridized carbons (Fsp3) is 0.167. The van der Waals surface area contributed by atoms with Gasteiger partial charge in [-0.05, 0) is 36.8 Å². The number of hydrogen-bond donors (Lipinski definition) is 3. The van der Waals surface area contributed by atoms with E-state index in [2.05, 4.69) is 31.8 Å². The Morgan fingerprint density at radius 2 is 1.93 bits per heavy atom. The molecule has 2 aromatic rings. The lowest BCUT2D eigenvalue weighted by molar-refractivity contribution is -0.384. The van der Waals surface area contributed by atoms with Gasteiger partial charge in [0, 0.05) is 40.7 Å². The summed E-state index contributed by atoms with van der Waals surface area (Å²) in [4.78, 5) is 33.7. The molecule has 10 heteroatoms. The van der Waals surface area contributed by atoms with E-state index in [9.17, 15) is 24.8 Å². The Balaban J connectivity index is 1.70. The van der Waals surface area contributed by atoms with Crippen molar-refractivity contribution in [1.82, 2.24) is 10.7 Å². The molecule has 0 aliphatic rings. The first-order valence-corrected chi connectivity index (χ1v) is 8.99. The second-order valence-electron chi connectivity index (χ2n) is 5.66. The minimum Gasteiger partial charge on any atom is -0.507 e. The fourth-order valence-electron chi connectivity index (χ4n) is 2.15. The Hall–Kier alpha value is -3.27. The van der Waals surface area contributed by atoms with E-state index in [0.717, 1.165) is 4.47 Å². The Morgan fingerprint density at radius 3 is 2.61 bits per heavy atom. The van der Waals surface area contributed by atoms with Gasteiger partial charge in [-0.15, -0.1) is 0 Å². The molecule has 146 valence electrons. The summed E-state index contributed by atoms with van der Waals surface area (Å²) in [5, 5.41) is 26.7. The van der Waals surface area contributed by atoms with Crippen molar-refractivity contribution in [1.29, 1.82) is 0 Å². The second kappa shape index (κ2) is 10.2. The predicted molar refractivity (Wildman–Crippen MR) is 106 cm³/mol. The first kappa shape index (κ1) is 21.0. The maximum absolute atomic E-state index is 11.9. The Morgan fingerprint density at radius 1 is 1.21 bits per heavy atom. The topological polar surface area (TPSA) is 134 Å². The van der Waals surface area contributed by atoms with Gasteiger partial charge in [0.25, 0.3) is 11.6 Å². The van der Waals surface area contributed by atoms with Crippen molar-refractivity contribution in [2.24, 2.45) is 5.10 Å². The van der Waals surface area contributed by atoms with Gasteiger partial charge in [-0.2, -0.15) is 5.10 Å². The van der Waals surface area contributed by atoms with Gasteiger partial charge in [0.2, 0.25) is 5.91 Å². The number of nitro groups is 1. The molecule has 0 saturated carbocycles. The smallest absolute Gasteiger partial charge is 0.269 e. The number of rotatable bonds is 8. The third-order valence-corrected chi connectivity index (χ3v) is 4.08. The van der Waals surface area contributed by atoms with Crippen molar-refractivity contribution in [3.63, 3.8) is 0 Å². The summed E-state index contributed by atoms with van der Waals surface area (Å²) in [5.41, 5.74) is 3.00. The summed E-state index contributed by atoms with van der Waals surface area (Å²) in [7, 11) is 0. The van der Waals surface area contributed by atoms with E-state index in [4.69, 9.17) is 0 Å². The highest BCUT2D eigenvalue weighted by molar-refractivity contribution is 9.10. The van der Waals surface area contributed by atoms with Crippen molar-refractivity contribution in [3.8, 4) is 5.75 Å². The van der Waals surface area contributed by atoms with Crippen LogP contribution in [-0.2, 0) is 4.79 Å². The van der Waals surface area contributed by atoms with Crippen LogP contribution in [0.5, 0.6) is 5.75 Å². The highest BCUT2D eigenvalue weighted by Crippen LogP contribution is 2.19. The molecule has 0 fully saturated rings. The highest BCUT2D eigenvalue weighted by atomic mass is 79.9. The quantitative estimate of drug-likeness (QED) is 0.247. The minimum absolute atomic E-state index is 0.0372. The van der Waals surface area contributed by atoms with E-state index < -0.39 is 4.92 Å². The van der Waals surface area contributed by atoms with Gasteiger partial charge >= 0.3 is 0 Å². The normalized spacial score (nSPS) is 10.6. The number of phenols is 1. The number of benzene rings is 2. The number of nitrogens with one attached hydrogen (secondary N) is 2. The Bertz CT molecular complexity index is 899. The molecule has 2 amide bonds. The van der Waals surface area contributed by atoms with Crippen LogP contribution in [0, 0.1) is 10.1 Å². The van der Waals surface area contributed by atoms with Gasteiger partial charge in [0.15, 0.2) is 0 Å². The van der Waals surface area contributed by atoms with E-state index in [1.807, 2.05) is 0 Å². The molecule has 0 atom stereocenters. The molecule has 0 aromatic heterocycles. The van der Waals surface area contributed by atoms with Crippen LogP contribution in [0.1, 0.15) is 28.8 Å². The number of nitrogens with zero attached hydrogens (tertiary/aromatic N) is 2. The highest BCUT2D eigenvalue weighted by Gasteiger charge is 2.09. The monoisotopic (exact) mass is 448 g/mol. The van der Waals surface area contributed by atoms with Crippen LogP contribution in [0.25, 0.3) is 0 Å². The lowest BCUT2D eigenvalue weighted by Gasteiger charge is -2.05.